The van der Waals surface area contributed by atoms with E-state index in [9.17, 15) is 18.0 Å². The van der Waals surface area contributed by atoms with Crippen LogP contribution in [-0.2, 0) is 14.8 Å². The number of hydrogen-bond donors (Lipinski definition) is 2. The number of carbonyl (C=O) groups is 2. The number of piperidine rings is 1. The SMILES string of the molecule is C[C@H](CC(=O)N1CCCC[C@H]1CNS(C)(=O)=O)NC(=O)c1ccccc1. The van der Waals surface area contributed by atoms with Crippen LogP contribution >= 0.6 is 0 Å². The molecule has 1 heterocycles. The number of hydrogen-bond acceptors (Lipinski definition) is 4. The Kier molecular flexibility index (Phi) is 7.16. The third kappa shape index (κ3) is 6.42. The Hall–Kier alpha value is -1.93. The summed E-state index contributed by atoms with van der Waals surface area (Å²) in [7, 11) is -3.29. The number of sulfonamides is 1. The van der Waals surface area contributed by atoms with Gasteiger partial charge >= 0.3 is 0 Å². The first-order valence-electron chi connectivity index (χ1n) is 8.86. The van der Waals surface area contributed by atoms with E-state index in [-0.39, 0.29) is 36.9 Å². The van der Waals surface area contributed by atoms with E-state index in [2.05, 4.69) is 10.0 Å². The monoisotopic (exact) mass is 381 g/mol. The molecule has 0 unspecified atom stereocenters. The summed E-state index contributed by atoms with van der Waals surface area (Å²) in [4.78, 5) is 26.6. The van der Waals surface area contributed by atoms with Crippen LogP contribution in [0.15, 0.2) is 30.3 Å². The van der Waals surface area contributed by atoms with Crippen molar-refractivity contribution in [3.63, 3.8) is 0 Å². The van der Waals surface area contributed by atoms with Gasteiger partial charge in [0, 0.05) is 37.2 Å². The molecule has 2 rings (SSSR count). The zero-order chi connectivity index (χ0) is 19.2. The number of rotatable bonds is 7. The molecule has 7 nitrogen and oxygen atoms in total. The summed E-state index contributed by atoms with van der Waals surface area (Å²) in [5.41, 5.74) is 0.556. The molecule has 0 aromatic heterocycles. The lowest BCUT2D eigenvalue weighted by molar-refractivity contribution is -0.135. The molecule has 1 fully saturated rings. The predicted octanol–water partition coefficient (Wildman–Crippen LogP) is 1.13. The topological polar surface area (TPSA) is 95.6 Å². The summed E-state index contributed by atoms with van der Waals surface area (Å²) in [5.74, 6) is -0.273. The van der Waals surface area contributed by atoms with E-state index in [0.29, 0.717) is 12.1 Å². The fraction of sp³-hybridized carbons (Fsp3) is 0.556. The zero-order valence-electron chi connectivity index (χ0n) is 15.3. The van der Waals surface area contributed by atoms with E-state index in [4.69, 9.17) is 0 Å². The van der Waals surface area contributed by atoms with E-state index in [1.165, 1.54) is 0 Å². The molecule has 2 atom stereocenters. The van der Waals surface area contributed by atoms with Crippen molar-refractivity contribution in [1.29, 1.82) is 0 Å². The molecule has 8 heteroatoms. The van der Waals surface area contributed by atoms with Crippen LogP contribution in [0.3, 0.4) is 0 Å². The van der Waals surface area contributed by atoms with Gasteiger partial charge in [-0.2, -0.15) is 0 Å². The van der Waals surface area contributed by atoms with Crippen molar-refractivity contribution in [2.24, 2.45) is 0 Å². The molecule has 26 heavy (non-hydrogen) atoms. The van der Waals surface area contributed by atoms with E-state index < -0.39 is 10.0 Å². The molecule has 144 valence electrons. The van der Waals surface area contributed by atoms with Gasteiger partial charge in [0.2, 0.25) is 15.9 Å². The van der Waals surface area contributed by atoms with Crippen LogP contribution in [0.1, 0.15) is 43.0 Å². The summed E-state index contributed by atoms with van der Waals surface area (Å²) in [6.45, 7) is 2.65. The Morgan fingerprint density at radius 1 is 1.23 bits per heavy atom. The summed E-state index contributed by atoms with van der Waals surface area (Å²) >= 11 is 0. The third-order valence-electron chi connectivity index (χ3n) is 4.42. The maximum absolute atomic E-state index is 12.7. The van der Waals surface area contributed by atoms with Gasteiger partial charge in [-0.25, -0.2) is 13.1 Å². The highest BCUT2D eigenvalue weighted by atomic mass is 32.2. The molecule has 0 aliphatic carbocycles. The van der Waals surface area contributed by atoms with Crippen LogP contribution in [0.2, 0.25) is 0 Å². The average molecular weight is 381 g/mol. The molecule has 1 saturated heterocycles. The van der Waals surface area contributed by atoms with Gasteiger partial charge in [-0.15, -0.1) is 0 Å². The minimum atomic E-state index is -3.29. The first-order chi connectivity index (χ1) is 12.3. The average Bonchev–Trinajstić information content (AvgIpc) is 2.60. The van der Waals surface area contributed by atoms with Crippen LogP contribution in [0, 0.1) is 0 Å². The lowest BCUT2D eigenvalue weighted by Gasteiger charge is -2.36. The number of amides is 2. The molecule has 0 radical (unpaired) electrons. The van der Waals surface area contributed by atoms with Crippen molar-refractivity contribution in [2.75, 3.05) is 19.3 Å². The fourth-order valence-corrected chi connectivity index (χ4v) is 3.61. The van der Waals surface area contributed by atoms with Gasteiger partial charge in [0.15, 0.2) is 0 Å². The van der Waals surface area contributed by atoms with Crippen molar-refractivity contribution in [1.82, 2.24) is 14.9 Å². The number of benzene rings is 1. The summed E-state index contributed by atoms with van der Waals surface area (Å²) in [6, 6.07) is 8.42. The quantitative estimate of drug-likeness (QED) is 0.740. The first-order valence-corrected chi connectivity index (χ1v) is 10.8. The Balaban J connectivity index is 1.90. The molecule has 0 spiro atoms. The van der Waals surface area contributed by atoms with Crippen molar-refractivity contribution in [3.8, 4) is 0 Å². The van der Waals surface area contributed by atoms with Crippen LogP contribution in [0.4, 0.5) is 0 Å². The smallest absolute Gasteiger partial charge is 0.251 e. The molecule has 0 saturated carbocycles. The van der Waals surface area contributed by atoms with Crippen LogP contribution in [0.5, 0.6) is 0 Å². The molecule has 2 amide bonds. The van der Waals surface area contributed by atoms with Gasteiger partial charge in [0.25, 0.3) is 5.91 Å². The van der Waals surface area contributed by atoms with E-state index in [1.54, 1.807) is 36.1 Å². The minimum absolute atomic E-state index is 0.0640. The second kappa shape index (κ2) is 9.14. The van der Waals surface area contributed by atoms with Gasteiger partial charge in [-0.1, -0.05) is 18.2 Å². The fourth-order valence-electron chi connectivity index (χ4n) is 3.12. The molecular formula is C18H27N3O4S. The molecule has 1 aliphatic rings. The van der Waals surface area contributed by atoms with Gasteiger partial charge in [-0.3, -0.25) is 9.59 Å². The second-order valence-corrected chi connectivity index (χ2v) is 8.64. The molecule has 2 N–H and O–H groups in total. The number of nitrogens with one attached hydrogen (secondary N) is 2. The zero-order valence-corrected chi connectivity index (χ0v) is 16.1. The summed E-state index contributed by atoms with van der Waals surface area (Å²) in [5, 5.41) is 2.84. The van der Waals surface area contributed by atoms with Gasteiger partial charge in [-0.05, 0) is 38.3 Å². The molecular weight excluding hydrogens is 354 g/mol. The molecule has 1 aliphatic heterocycles. The molecule has 0 bridgehead atoms. The van der Waals surface area contributed by atoms with E-state index in [1.807, 2.05) is 6.07 Å². The van der Waals surface area contributed by atoms with Crippen molar-refractivity contribution in [3.05, 3.63) is 35.9 Å². The van der Waals surface area contributed by atoms with Crippen LogP contribution < -0.4 is 10.0 Å². The van der Waals surface area contributed by atoms with Gasteiger partial charge < -0.3 is 10.2 Å². The van der Waals surface area contributed by atoms with Crippen molar-refractivity contribution in [2.45, 2.75) is 44.7 Å². The predicted molar refractivity (Wildman–Crippen MR) is 100 cm³/mol. The Bertz CT molecular complexity index is 721. The van der Waals surface area contributed by atoms with Gasteiger partial charge in [0.1, 0.15) is 0 Å². The lowest BCUT2D eigenvalue weighted by Crippen LogP contribution is -2.50. The number of carbonyl (C=O) groups excluding carboxylic acids is 2. The van der Waals surface area contributed by atoms with E-state index >= 15 is 0 Å². The lowest BCUT2D eigenvalue weighted by atomic mass is 10.0. The van der Waals surface area contributed by atoms with Crippen molar-refractivity contribution < 1.29 is 18.0 Å². The molecule has 1 aromatic carbocycles. The van der Waals surface area contributed by atoms with Gasteiger partial charge in [0.05, 0.1) is 6.26 Å². The van der Waals surface area contributed by atoms with Crippen LogP contribution in [0.25, 0.3) is 0 Å². The third-order valence-corrected chi connectivity index (χ3v) is 5.11. The maximum atomic E-state index is 12.7. The second-order valence-electron chi connectivity index (χ2n) is 6.80. The Morgan fingerprint density at radius 3 is 2.58 bits per heavy atom. The summed E-state index contributed by atoms with van der Waals surface area (Å²) in [6.07, 6.45) is 3.96. The standard InChI is InChI=1S/C18H27N3O4S/c1-14(20-18(23)15-8-4-3-5-9-15)12-17(22)21-11-7-6-10-16(21)13-19-26(2,24)25/h3-5,8-9,14,16,19H,6-7,10-13H2,1-2H3,(H,20,23)/t14-,16+/m1/s1. The minimum Gasteiger partial charge on any atom is -0.349 e. The first kappa shape index (κ1) is 20.4. The Morgan fingerprint density at radius 2 is 1.92 bits per heavy atom. The Labute approximate surface area is 155 Å². The number of likely N-dealkylation sites (tertiary alicyclic amines) is 1. The van der Waals surface area contributed by atoms with Crippen molar-refractivity contribution >= 4 is 21.8 Å². The number of nitrogens with zero attached hydrogens (tertiary/aromatic N) is 1. The highest BCUT2D eigenvalue weighted by molar-refractivity contribution is 7.88. The summed E-state index contributed by atoms with van der Waals surface area (Å²) < 4.78 is 25.1. The maximum Gasteiger partial charge on any atom is 0.251 e. The largest absolute Gasteiger partial charge is 0.349 e. The highest BCUT2D eigenvalue weighted by Crippen LogP contribution is 2.18. The normalized spacial score (nSPS) is 19.0. The van der Waals surface area contributed by atoms with Crippen LogP contribution in [-0.4, -0.2) is 56.6 Å². The highest BCUT2D eigenvalue weighted by Gasteiger charge is 2.28. The molecule has 1 aromatic rings. The van der Waals surface area contributed by atoms with E-state index in [0.717, 1.165) is 25.5 Å².